The van der Waals surface area contributed by atoms with Gasteiger partial charge in [0.05, 0.1) is 27.7 Å². The Labute approximate surface area is 252 Å². The number of carbonyl (C=O) groups is 1. The predicted octanol–water partition coefficient (Wildman–Crippen LogP) is 7.42. The van der Waals surface area contributed by atoms with Gasteiger partial charge in [0.1, 0.15) is 17.7 Å². The topological polar surface area (TPSA) is 66.9 Å². The van der Waals surface area contributed by atoms with E-state index in [0.29, 0.717) is 30.3 Å². The summed E-state index contributed by atoms with van der Waals surface area (Å²) in [5, 5.41) is 0.204. The van der Waals surface area contributed by atoms with Crippen molar-refractivity contribution in [3.63, 3.8) is 0 Å². The molecule has 43 heavy (non-hydrogen) atoms. The second-order valence-electron chi connectivity index (χ2n) is 10.6. The molecule has 0 N–H and O–H groups in total. The Morgan fingerprint density at radius 2 is 1.79 bits per heavy atom. The molecule has 1 fully saturated rings. The molecule has 1 amide bonds. The minimum atomic E-state index is -4.74. The molecule has 2 aliphatic heterocycles. The van der Waals surface area contributed by atoms with Gasteiger partial charge in [0.15, 0.2) is 0 Å². The number of ether oxygens (including phenoxy) is 1. The molecule has 1 unspecified atom stereocenters. The number of rotatable bonds is 7. The number of amides is 1. The smallest absolute Gasteiger partial charge is 0.416 e. The van der Waals surface area contributed by atoms with E-state index in [9.17, 15) is 30.8 Å². The van der Waals surface area contributed by atoms with E-state index in [0.717, 1.165) is 35.3 Å². The van der Waals surface area contributed by atoms with Gasteiger partial charge in [0, 0.05) is 25.1 Å². The van der Waals surface area contributed by atoms with Crippen LogP contribution in [0.2, 0.25) is 5.02 Å². The van der Waals surface area contributed by atoms with Crippen molar-refractivity contribution in [1.29, 1.82) is 0 Å². The number of halogens is 5. The lowest BCUT2D eigenvalue weighted by Crippen LogP contribution is -2.44. The zero-order valence-electron chi connectivity index (χ0n) is 23.2. The molecule has 0 aromatic heterocycles. The lowest BCUT2D eigenvalue weighted by Gasteiger charge is -2.36. The van der Waals surface area contributed by atoms with Crippen LogP contribution in [-0.4, -0.2) is 45.0 Å². The Morgan fingerprint density at radius 1 is 1.07 bits per heavy atom. The molecule has 3 aromatic rings. The maximum Gasteiger partial charge on any atom is 0.416 e. The molecule has 6 nitrogen and oxygen atoms in total. The number of carbonyl (C=O) groups excluding carboxylic acids is 1. The first-order valence-electron chi connectivity index (χ1n) is 13.8. The molecule has 1 atom stereocenters. The fourth-order valence-electron chi connectivity index (χ4n) is 5.36. The first kappa shape index (κ1) is 30.9. The number of hydrogen-bond acceptors (Lipinski definition) is 4. The molecule has 0 radical (unpaired) electrons. The maximum absolute atomic E-state index is 14.5. The van der Waals surface area contributed by atoms with Gasteiger partial charge in [-0.25, -0.2) is 12.8 Å². The van der Waals surface area contributed by atoms with Crippen molar-refractivity contribution in [2.24, 2.45) is 0 Å². The highest BCUT2D eigenvalue weighted by Gasteiger charge is 2.37. The van der Waals surface area contributed by atoms with E-state index >= 15 is 0 Å². The van der Waals surface area contributed by atoms with E-state index in [4.69, 9.17) is 16.3 Å². The Hall–Kier alpha value is -3.57. The van der Waals surface area contributed by atoms with Crippen LogP contribution in [-0.2, 0) is 21.0 Å². The normalized spacial score (nSPS) is 17.5. The molecular formula is C31H29ClF4N2O4S. The summed E-state index contributed by atoms with van der Waals surface area (Å²) < 4.78 is 89.9. The van der Waals surface area contributed by atoms with E-state index < -0.39 is 38.6 Å². The van der Waals surface area contributed by atoms with Gasteiger partial charge in [0.25, 0.3) is 10.0 Å². The minimum absolute atomic E-state index is 0.0538. The monoisotopic (exact) mass is 636 g/mol. The van der Waals surface area contributed by atoms with Gasteiger partial charge < -0.3 is 9.64 Å². The van der Waals surface area contributed by atoms with Crippen molar-refractivity contribution in [3.05, 3.63) is 88.2 Å². The molecule has 0 bridgehead atoms. The molecule has 5 rings (SSSR count). The van der Waals surface area contributed by atoms with Crippen LogP contribution in [0.15, 0.2) is 65.6 Å². The second-order valence-corrected chi connectivity index (χ2v) is 12.8. The number of fused-ring (bicyclic) bond motifs is 1. The molecule has 0 spiro atoms. The zero-order chi connectivity index (χ0) is 30.9. The standard InChI is InChI=1S/C31H29ClF4N2O4S/c1-20(30-25(32)8-5-9-26(30)33)16-21-10-12-28-27(17-21)38(19-23(42-28)11-13-29(39)37-14-2-3-15-37)43(40,41)24-7-4-6-22(18-24)31(34,35)36/h4-10,12,16-18,23H,2-3,11,13-15,19H2,1H3. The van der Waals surface area contributed by atoms with Crippen LogP contribution in [0.25, 0.3) is 11.6 Å². The largest absolute Gasteiger partial charge is 0.486 e. The third-order valence-corrected chi connectivity index (χ3v) is 9.63. The molecule has 3 aromatic carbocycles. The Morgan fingerprint density at radius 3 is 2.49 bits per heavy atom. The first-order valence-corrected chi connectivity index (χ1v) is 15.6. The number of hydrogen-bond donors (Lipinski definition) is 0. The van der Waals surface area contributed by atoms with Crippen LogP contribution >= 0.6 is 11.6 Å². The summed E-state index contributed by atoms with van der Waals surface area (Å²) >= 11 is 6.22. The van der Waals surface area contributed by atoms with Gasteiger partial charge in [0.2, 0.25) is 5.91 Å². The van der Waals surface area contributed by atoms with Gasteiger partial charge in [-0.2, -0.15) is 13.2 Å². The minimum Gasteiger partial charge on any atom is -0.486 e. The van der Waals surface area contributed by atoms with Gasteiger partial charge in [-0.05, 0) is 79.8 Å². The fourth-order valence-corrected chi connectivity index (χ4v) is 7.22. The number of nitrogens with zero attached hydrogens (tertiary/aromatic N) is 2. The van der Waals surface area contributed by atoms with Crippen molar-refractivity contribution in [2.45, 2.75) is 49.8 Å². The van der Waals surface area contributed by atoms with Crippen LogP contribution in [0, 0.1) is 5.82 Å². The van der Waals surface area contributed by atoms with E-state index in [1.807, 2.05) is 0 Å². The predicted molar refractivity (Wildman–Crippen MR) is 157 cm³/mol. The molecular weight excluding hydrogens is 608 g/mol. The summed E-state index contributed by atoms with van der Waals surface area (Å²) in [6.07, 6.45) is -1.61. The number of allylic oxidation sites excluding steroid dienone is 1. The molecule has 12 heteroatoms. The highest BCUT2D eigenvalue weighted by Crippen LogP contribution is 2.40. The summed E-state index contributed by atoms with van der Waals surface area (Å²) in [6, 6.07) is 12.6. The molecule has 1 saturated heterocycles. The van der Waals surface area contributed by atoms with E-state index in [-0.39, 0.29) is 47.3 Å². The second kappa shape index (κ2) is 12.2. The number of anilines is 1. The van der Waals surface area contributed by atoms with E-state index in [2.05, 4.69) is 0 Å². The molecule has 2 aliphatic rings. The van der Waals surface area contributed by atoms with Crippen LogP contribution in [0.3, 0.4) is 0 Å². The number of likely N-dealkylation sites (tertiary alicyclic amines) is 1. The van der Waals surface area contributed by atoms with Gasteiger partial charge >= 0.3 is 6.18 Å². The average molecular weight is 637 g/mol. The highest BCUT2D eigenvalue weighted by atomic mass is 35.5. The van der Waals surface area contributed by atoms with E-state index in [1.54, 1.807) is 36.1 Å². The van der Waals surface area contributed by atoms with Crippen LogP contribution < -0.4 is 9.04 Å². The average Bonchev–Trinajstić information content (AvgIpc) is 3.50. The van der Waals surface area contributed by atoms with Gasteiger partial charge in [-0.3, -0.25) is 9.10 Å². The number of sulfonamides is 1. The summed E-state index contributed by atoms with van der Waals surface area (Å²) in [5.41, 5.74) is 0.176. The molecule has 2 heterocycles. The summed E-state index contributed by atoms with van der Waals surface area (Å²) in [6.45, 7) is 2.79. The fraction of sp³-hybridized carbons (Fsp3) is 0.323. The van der Waals surface area contributed by atoms with Gasteiger partial charge in [-0.15, -0.1) is 0 Å². The Balaban J connectivity index is 1.52. The van der Waals surface area contributed by atoms with E-state index in [1.165, 1.54) is 18.2 Å². The third-order valence-electron chi connectivity index (χ3n) is 7.54. The Kier molecular flexibility index (Phi) is 8.76. The van der Waals surface area contributed by atoms with Crippen molar-refractivity contribution in [3.8, 4) is 5.75 Å². The van der Waals surface area contributed by atoms with Crippen molar-refractivity contribution in [1.82, 2.24) is 4.90 Å². The van der Waals surface area contributed by atoms with Crippen molar-refractivity contribution < 1.29 is 35.5 Å². The third kappa shape index (κ3) is 6.67. The van der Waals surface area contributed by atoms with Crippen LogP contribution in [0.1, 0.15) is 49.3 Å². The SMILES string of the molecule is CC(=Cc1ccc2c(c1)N(S(=O)(=O)c1cccc(C(F)(F)F)c1)CC(CCC(=O)N1CCCC1)O2)c1c(F)cccc1Cl. The summed E-state index contributed by atoms with van der Waals surface area (Å²) in [4.78, 5) is 13.9. The molecule has 0 saturated carbocycles. The van der Waals surface area contributed by atoms with Crippen LogP contribution in [0.4, 0.5) is 23.2 Å². The maximum atomic E-state index is 14.5. The first-order chi connectivity index (χ1) is 20.3. The van der Waals surface area contributed by atoms with Crippen molar-refractivity contribution in [2.75, 3.05) is 23.9 Å². The zero-order valence-corrected chi connectivity index (χ0v) is 24.8. The number of benzene rings is 3. The molecule has 228 valence electrons. The lowest BCUT2D eigenvalue weighted by molar-refractivity contribution is -0.137. The van der Waals surface area contributed by atoms with Gasteiger partial charge in [-0.1, -0.05) is 35.9 Å². The molecule has 0 aliphatic carbocycles. The highest BCUT2D eigenvalue weighted by molar-refractivity contribution is 7.92. The number of alkyl halides is 3. The Bertz CT molecular complexity index is 1650. The summed E-state index contributed by atoms with van der Waals surface area (Å²) in [7, 11) is -4.50. The lowest BCUT2D eigenvalue weighted by atomic mass is 10.0. The summed E-state index contributed by atoms with van der Waals surface area (Å²) in [5.74, 6) is -0.385. The van der Waals surface area contributed by atoms with Crippen LogP contribution in [0.5, 0.6) is 5.75 Å². The van der Waals surface area contributed by atoms with Crippen molar-refractivity contribution >= 4 is 44.9 Å². The quantitative estimate of drug-likeness (QED) is 0.200.